The van der Waals surface area contributed by atoms with Gasteiger partial charge in [-0.2, -0.15) is 0 Å². The number of ether oxygens (including phenoxy) is 1. The molecular weight excluding hydrogens is 453 g/mol. The lowest BCUT2D eigenvalue weighted by molar-refractivity contribution is -0.139. The first-order valence-corrected chi connectivity index (χ1v) is 12.7. The molecule has 1 aromatic heterocycles. The van der Waals surface area contributed by atoms with E-state index >= 15 is 0 Å². The number of nitrogens with zero attached hydrogens (tertiary/aromatic N) is 3. The van der Waals surface area contributed by atoms with Gasteiger partial charge >= 0.3 is 12.0 Å². The molecule has 9 nitrogen and oxygen atoms in total. The molecule has 35 heavy (non-hydrogen) atoms. The van der Waals surface area contributed by atoms with Crippen LogP contribution in [0.4, 0.5) is 15.0 Å². The van der Waals surface area contributed by atoms with Crippen molar-refractivity contribution in [1.82, 2.24) is 20.1 Å². The molecule has 1 aliphatic heterocycles. The number of alkyl halides is 1. The van der Waals surface area contributed by atoms with E-state index in [0.717, 1.165) is 50.2 Å². The predicted octanol–water partition coefficient (Wildman–Crippen LogP) is 2.94. The van der Waals surface area contributed by atoms with E-state index in [2.05, 4.69) is 22.8 Å². The third kappa shape index (κ3) is 9.60. The molecule has 0 bridgehead atoms. The number of carbonyl (C=O) groups excluding carboxylic acids is 1. The molecule has 2 heterocycles. The molecule has 0 aliphatic carbocycles. The number of anilines is 1. The molecule has 0 aromatic carbocycles. The van der Waals surface area contributed by atoms with Crippen LogP contribution in [0.5, 0.6) is 0 Å². The molecule has 2 atom stereocenters. The highest BCUT2D eigenvalue weighted by atomic mass is 19.1. The fourth-order valence-electron chi connectivity index (χ4n) is 4.24. The van der Waals surface area contributed by atoms with E-state index in [-0.39, 0.29) is 12.5 Å². The van der Waals surface area contributed by atoms with Gasteiger partial charge in [0.05, 0.1) is 6.10 Å². The Morgan fingerprint density at radius 3 is 2.69 bits per heavy atom. The number of halogens is 1. The zero-order chi connectivity index (χ0) is 25.6. The largest absolute Gasteiger partial charge is 0.480 e. The molecule has 2 unspecified atom stereocenters. The van der Waals surface area contributed by atoms with Crippen molar-refractivity contribution in [2.75, 3.05) is 58.4 Å². The third-order valence-electron chi connectivity index (χ3n) is 6.46. The lowest BCUT2D eigenvalue weighted by Gasteiger charge is -2.28. The number of carbonyl (C=O) groups is 2. The van der Waals surface area contributed by atoms with Crippen molar-refractivity contribution in [3.05, 3.63) is 23.4 Å². The maximum atomic E-state index is 13.3. The number of carboxylic acid groups (broad SMARTS) is 1. The first-order chi connectivity index (χ1) is 16.9. The van der Waals surface area contributed by atoms with Crippen LogP contribution in [0.3, 0.4) is 0 Å². The molecule has 2 amide bonds. The van der Waals surface area contributed by atoms with Gasteiger partial charge in [0.25, 0.3) is 0 Å². The number of rotatable bonds is 16. The van der Waals surface area contributed by atoms with Crippen molar-refractivity contribution in [3.63, 3.8) is 0 Å². The highest BCUT2D eigenvalue weighted by molar-refractivity contribution is 5.82. The van der Waals surface area contributed by atoms with Gasteiger partial charge in [-0.05, 0) is 70.5 Å². The smallest absolute Gasteiger partial charge is 0.326 e. The van der Waals surface area contributed by atoms with Gasteiger partial charge in [-0.15, -0.1) is 0 Å². The van der Waals surface area contributed by atoms with Gasteiger partial charge in [-0.25, -0.2) is 19.0 Å². The maximum Gasteiger partial charge on any atom is 0.326 e. The highest BCUT2D eigenvalue weighted by Crippen LogP contribution is 2.20. The van der Waals surface area contributed by atoms with Gasteiger partial charge in [-0.1, -0.05) is 6.07 Å². The van der Waals surface area contributed by atoms with Crippen molar-refractivity contribution in [2.45, 2.75) is 64.5 Å². The molecule has 10 heteroatoms. The Morgan fingerprint density at radius 2 is 2.03 bits per heavy atom. The van der Waals surface area contributed by atoms with Gasteiger partial charge in [-0.3, -0.25) is 0 Å². The molecule has 2 rings (SSSR count). The topological polar surface area (TPSA) is 107 Å². The summed E-state index contributed by atoms with van der Waals surface area (Å²) in [5, 5.41) is 15.6. The monoisotopic (exact) mass is 495 g/mol. The molecule has 0 saturated carbocycles. The average Bonchev–Trinajstić information content (AvgIpc) is 2.87. The molecule has 198 valence electrons. The van der Waals surface area contributed by atoms with Crippen molar-refractivity contribution < 1.29 is 23.8 Å². The van der Waals surface area contributed by atoms with E-state index in [1.807, 2.05) is 18.7 Å². The molecule has 0 saturated heterocycles. The molecule has 0 spiro atoms. The highest BCUT2D eigenvalue weighted by Gasteiger charge is 2.24. The number of fused-ring (bicyclic) bond motifs is 1. The van der Waals surface area contributed by atoms with Gasteiger partial charge in [0.2, 0.25) is 0 Å². The molecule has 3 N–H and O–H groups in total. The SMILES string of the molecule is CCN(CC)C(=O)NC(CCN(CCCCc1ccc2c(n1)NCCC2)CC(CF)OC)C(=O)O. The molecule has 1 aromatic rings. The molecule has 1 aliphatic rings. The summed E-state index contributed by atoms with van der Waals surface area (Å²) in [6.07, 6.45) is 4.46. The Kier molecular flexibility index (Phi) is 12.8. The second-order valence-corrected chi connectivity index (χ2v) is 8.91. The number of aliphatic carboxylic acids is 1. The van der Waals surface area contributed by atoms with Gasteiger partial charge < -0.3 is 30.3 Å². The Bertz CT molecular complexity index is 789. The van der Waals surface area contributed by atoms with Crippen LogP contribution in [0.1, 0.15) is 50.8 Å². The van der Waals surface area contributed by atoms with Gasteiger partial charge in [0, 0.05) is 45.5 Å². The first-order valence-electron chi connectivity index (χ1n) is 12.7. The zero-order valence-corrected chi connectivity index (χ0v) is 21.4. The van der Waals surface area contributed by atoms with Crippen molar-refractivity contribution in [2.24, 2.45) is 0 Å². The van der Waals surface area contributed by atoms with Crippen LogP contribution in [0.25, 0.3) is 0 Å². The fraction of sp³-hybridized carbons (Fsp3) is 0.720. The zero-order valence-electron chi connectivity index (χ0n) is 21.4. The summed E-state index contributed by atoms with van der Waals surface area (Å²) >= 11 is 0. The number of hydrogen-bond donors (Lipinski definition) is 3. The third-order valence-corrected chi connectivity index (χ3v) is 6.46. The van der Waals surface area contributed by atoms with Crippen molar-refractivity contribution in [1.29, 1.82) is 0 Å². The Hall–Kier alpha value is -2.46. The number of pyridine rings is 1. The van der Waals surface area contributed by atoms with Crippen LogP contribution in [-0.2, 0) is 22.4 Å². The minimum atomic E-state index is -1.08. The average molecular weight is 496 g/mol. The normalized spacial score (nSPS) is 14.7. The summed E-state index contributed by atoms with van der Waals surface area (Å²) in [6, 6.07) is 2.84. The van der Waals surface area contributed by atoms with E-state index < -0.39 is 24.8 Å². The predicted molar refractivity (Wildman–Crippen MR) is 135 cm³/mol. The van der Waals surface area contributed by atoms with Crippen LogP contribution >= 0.6 is 0 Å². The number of aromatic nitrogens is 1. The second-order valence-electron chi connectivity index (χ2n) is 8.91. The molecule has 0 radical (unpaired) electrons. The number of urea groups is 1. The number of amides is 2. The van der Waals surface area contributed by atoms with Crippen LogP contribution in [0.2, 0.25) is 0 Å². The number of unbranched alkanes of at least 4 members (excludes halogenated alkanes) is 1. The van der Waals surface area contributed by atoms with Crippen molar-refractivity contribution in [3.8, 4) is 0 Å². The maximum absolute atomic E-state index is 13.3. The van der Waals surface area contributed by atoms with E-state index in [0.29, 0.717) is 32.7 Å². The Labute approximate surface area is 208 Å². The Balaban J connectivity index is 1.89. The van der Waals surface area contributed by atoms with E-state index in [9.17, 15) is 19.1 Å². The summed E-state index contributed by atoms with van der Waals surface area (Å²) in [6.45, 7) is 6.50. The first kappa shape index (κ1) is 28.8. The minimum absolute atomic E-state index is 0.225. The van der Waals surface area contributed by atoms with E-state index in [4.69, 9.17) is 9.72 Å². The number of hydrogen-bond acceptors (Lipinski definition) is 6. The number of methoxy groups -OCH3 is 1. The van der Waals surface area contributed by atoms with Crippen LogP contribution in [0, 0.1) is 0 Å². The van der Waals surface area contributed by atoms with Gasteiger partial charge in [0.15, 0.2) is 0 Å². The van der Waals surface area contributed by atoms with Crippen molar-refractivity contribution >= 4 is 17.8 Å². The molecule has 0 fully saturated rings. The summed E-state index contributed by atoms with van der Waals surface area (Å²) in [5.74, 6) is -0.0842. The summed E-state index contributed by atoms with van der Waals surface area (Å²) in [4.78, 5) is 32.4. The minimum Gasteiger partial charge on any atom is -0.480 e. The fourth-order valence-corrected chi connectivity index (χ4v) is 4.24. The number of nitrogens with one attached hydrogen (secondary N) is 2. The number of carboxylic acids is 1. The lowest BCUT2D eigenvalue weighted by Crippen LogP contribution is -2.49. The van der Waals surface area contributed by atoms with Crippen LogP contribution < -0.4 is 10.6 Å². The number of aryl methyl sites for hydroxylation is 2. The van der Waals surface area contributed by atoms with Crippen LogP contribution in [0.15, 0.2) is 12.1 Å². The summed E-state index contributed by atoms with van der Waals surface area (Å²) < 4.78 is 18.5. The van der Waals surface area contributed by atoms with E-state index in [1.165, 1.54) is 12.7 Å². The summed E-state index contributed by atoms with van der Waals surface area (Å²) in [5.41, 5.74) is 2.32. The van der Waals surface area contributed by atoms with Crippen LogP contribution in [-0.4, -0.2) is 97.1 Å². The second kappa shape index (κ2) is 15.5. The summed E-state index contributed by atoms with van der Waals surface area (Å²) in [7, 11) is 1.47. The van der Waals surface area contributed by atoms with Gasteiger partial charge in [0.1, 0.15) is 18.5 Å². The van der Waals surface area contributed by atoms with E-state index in [1.54, 1.807) is 4.90 Å². The molecular formula is C25H42FN5O4. The quantitative estimate of drug-likeness (QED) is 0.303. The standard InChI is InChI=1S/C25H42FN5O4/c1-4-31(5-2)25(34)29-22(24(32)33)13-16-30(18-21(17-26)35-3)15-7-6-10-20-12-11-19-9-8-14-27-23(19)28-20/h11-12,21-22H,4-10,13-18H2,1-3H3,(H,27,28)(H,29,34)(H,32,33). The Morgan fingerprint density at radius 1 is 1.26 bits per heavy atom. The lowest BCUT2D eigenvalue weighted by atomic mass is 10.1.